The largest absolute Gasteiger partial charge is 0.394 e. The monoisotopic (exact) mass is 315 g/mol. The van der Waals surface area contributed by atoms with Crippen molar-refractivity contribution in [3.63, 3.8) is 0 Å². The van der Waals surface area contributed by atoms with E-state index in [2.05, 4.69) is 27.4 Å². The molecule has 0 radical (unpaired) electrons. The number of rotatable bonds is 7. The number of nitrogens with zero attached hydrogens (tertiary/aromatic N) is 2. The fourth-order valence-corrected chi connectivity index (χ4v) is 2.51. The molecule has 1 aromatic heterocycles. The van der Waals surface area contributed by atoms with Gasteiger partial charge in [0.25, 0.3) is 0 Å². The van der Waals surface area contributed by atoms with Crippen molar-refractivity contribution in [2.24, 2.45) is 0 Å². The van der Waals surface area contributed by atoms with Gasteiger partial charge < -0.3 is 19.9 Å². The van der Waals surface area contributed by atoms with Gasteiger partial charge in [0.1, 0.15) is 11.6 Å². The molecule has 2 heterocycles. The first kappa shape index (κ1) is 15.9. The molecule has 1 aliphatic heterocycles. The molecule has 0 unspecified atom stereocenters. The van der Waals surface area contributed by atoms with Gasteiger partial charge in [-0.3, -0.25) is 0 Å². The third kappa shape index (κ3) is 4.72. The number of aliphatic hydroxyl groups is 1. The Morgan fingerprint density at radius 2 is 1.96 bits per heavy atom. The maximum absolute atomic E-state index is 9.54. The molecular weight excluding hydrogens is 294 g/mol. The number of hydrogen-bond donors (Lipinski definition) is 2. The number of ether oxygens (including phenoxy) is 2. The molecule has 2 aromatic rings. The van der Waals surface area contributed by atoms with Gasteiger partial charge in [0, 0.05) is 19.0 Å². The first-order valence-electron chi connectivity index (χ1n) is 7.80. The summed E-state index contributed by atoms with van der Waals surface area (Å²) in [6, 6.07) is 11.7. The highest BCUT2D eigenvalue weighted by Crippen LogP contribution is 2.14. The molecule has 0 saturated carbocycles. The van der Waals surface area contributed by atoms with Crippen molar-refractivity contribution in [1.29, 1.82) is 0 Å². The first-order valence-corrected chi connectivity index (χ1v) is 7.80. The predicted octanol–water partition coefficient (Wildman–Crippen LogP) is 1.60. The van der Waals surface area contributed by atoms with Crippen LogP contribution in [0, 0.1) is 0 Å². The molecule has 122 valence electrons. The minimum absolute atomic E-state index is 0.0127. The summed E-state index contributed by atoms with van der Waals surface area (Å²) in [6.07, 6.45) is 2.72. The van der Waals surface area contributed by atoms with Gasteiger partial charge >= 0.3 is 0 Å². The van der Waals surface area contributed by atoms with Crippen LogP contribution in [0.1, 0.15) is 17.8 Å². The minimum Gasteiger partial charge on any atom is -0.394 e. The lowest BCUT2D eigenvalue weighted by atomic mass is 10.1. The Hall–Kier alpha value is -2.02. The van der Waals surface area contributed by atoms with Crippen molar-refractivity contribution in [2.45, 2.75) is 25.2 Å². The van der Waals surface area contributed by atoms with E-state index in [0.717, 1.165) is 11.4 Å². The third-order valence-corrected chi connectivity index (χ3v) is 3.65. The van der Waals surface area contributed by atoms with Crippen molar-refractivity contribution >= 4 is 5.82 Å². The molecule has 1 aliphatic rings. The van der Waals surface area contributed by atoms with Crippen LogP contribution in [0.4, 0.5) is 5.82 Å². The van der Waals surface area contributed by atoms with Gasteiger partial charge in [-0.15, -0.1) is 0 Å². The van der Waals surface area contributed by atoms with Crippen molar-refractivity contribution in [1.82, 2.24) is 9.97 Å². The molecule has 6 nitrogen and oxygen atoms in total. The van der Waals surface area contributed by atoms with Crippen molar-refractivity contribution < 1.29 is 14.6 Å². The van der Waals surface area contributed by atoms with Gasteiger partial charge in [-0.25, -0.2) is 9.97 Å². The third-order valence-electron chi connectivity index (χ3n) is 3.65. The second kappa shape index (κ2) is 8.01. The molecule has 23 heavy (non-hydrogen) atoms. The lowest BCUT2D eigenvalue weighted by Crippen LogP contribution is -2.29. The Bertz CT molecular complexity index is 603. The predicted molar refractivity (Wildman–Crippen MR) is 86.1 cm³/mol. The van der Waals surface area contributed by atoms with Crippen LogP contribution in [0.3, 0.4) is 0 Å². The van der Waals surface area contributed by atoms with Gasteiger partial charge in [-0.05, 0) is 11.6 Å². The summed E-state index contributed by atoms with van der Waals surface area (Å²) >= 11 is 0. The highest BCUT2D eigenvalue weighted by atomic mass is 16.7. The van der Waals surface area contributed by atoms with E-state index in [4.69, 9.17) is 9.47 Å². The highest BCUT2D eigenvalue weighted by Gasteiger charge is 2.21. The molecule has 2 N–H and O–H groups in total. The standard InChI is InChI=1S/C17H21N3O3/c21-12-14(11-17-22-8-9-23-17)19-15-6-7-18-16(20-15)10-13-4-2-1-3-5-13/h1-7,14,17,21H,8-12H2,(H,18,19,20)/t14-/m0/s1. The van der Waals surface area contributed by atoms with Gasteiger partial charge in [0.15, 0.2) is 6.29 Å². The second-order valence-corrected chi connectivity index (χ2v) is 5.45. The molecule has 6 heteroatoms. The van der Waals surface area contributed by atoms with Crippen LogP contribution in [-0.4, -0.2) is 47.2 Å². The zero-order valence-corrected chi connectivity index (χ0v) is 12.9. The lowest BCUT2D eigenvalue weighted by molar-refractivity contribution is -0.0519. The molecular formula is C17H21N3O3. The number of hydrogen-bond acceptors (Lipinski definition) is 6. The zero-order chi connectivity index (χ0) is 15.9. The van der Waals surface area contributed by atoms with E-state index in [-0.39, 0.29) is 18.9 Å². The van der Waals surface area contributed by atoms with E-state index >= 15 is 0 Å². The van der Waals surface area contributed by atoms with Gasteiger partial charge in [0.2, 0.25) is 0 Å². The summed E-state index contributed by atoms with van der Waals surface area (Å²) in [5.74, 6) is 1.44. The van der Waals surface area contributed by atoms with Crippen molar-refractivity contribution in [3.8, 4) is 0 Å². The van der Waals surface area contributed by atoms with E-state index in [9.17, 15) is 5.11 Å². The van der Waals surface area contributed by atoms with Crippen molar-refractivity contribution in [3.05, 3.63) is 54.0 Å². The normalized spacial score (nSPS) is 16.4. The number of aliphatic hydroxyl groups excluding tert-OH is 1. The minimum atomic E-state index is -0.259. The van der Waals surface area contributed by atoms with E-state index in [1.807, 2.05) is 18.2 Å². The summed E-state index contributed by atoms with van der Waals surface area (Å²) in [6.45, 7) is 1.20. The topological polar surface area (TPSA) is 76.5 Å². The molecule has 0 aliphatic carbocycles. The van der Waals surface area contributed by atoms with Crippen LogP contribution in [0.25, 0.3) is 0 Å². The van der Waals surface area contributed by atoms with Crippen molar-refractivity contribution in [2.75, 3.05) is 25.1 Å². The highest BCUT2D eigenvalue weighted by molar-refractivity contribution is 5.35. The Morgan fingerprint density at radius 3 is 2.70 bits per heavy atom. The fourth-order valence-electron chi connectivity index (χ4n) is 2.51. The Kier molecular flexibility index (Phi) is 5.52. The molecule has 1 aromatic carbocycles. The lowest BCUT2D eigenvalue weighted by Gasteiger charge is -2.19. The Morgan fingerprint density at radius 1 is 1.17 bits per heavy atom. The number of benzene rings is 1. The molecule has 0 spiro atoms. The summed E-state index contributed by atoms with van der Waals surface area (Å²) in [5, 5.41) is 12.8. The van der Waals surface area contributed by atoms with E-state index in [1.165, 1.54) is 0 Å². The maximum Gasteiger partial charge on any atom is 0.159 e. The summed E-state index contributed by atoms with van der Waals surface area (Å²) in [4.78, 5) is 8.82. The zero-order valence-electron chi connectivity index (χ0n) is 12.9. The summed E-state index contributed by atoms with van der Waals surface area (Å²) in [7, 11) is 0. The Labute approximate surface area is 135 Å². The maximum atomic E-state index is 9.54. The van der Waals surface area contributed by atoms with Gasteiger partial charge in [-0.1, -0.05) is 30.3 Å². The quantitative estimate of drug-likeness (QED) is 0.808. The van der Waals surface area contributed by atoms with E-state index in [1.54, 1.807) is 12.3 Å². The smallest absolute Gasteiger partial charge is 0.159 e. The summed E-state index contributed by atoms with van der Waals surface area (Å²) in [5.41, 5.74) is 1.16. The molecule has 0 amide bonds. The average Bonchev–Trinajstić information content (AvgIpc) is 3.08. The van der Waals surface area contributed by atoms with E-state index < -0.39 is 0 Å². The molecule has 1 fully saturated rings. The first-order chi connectivity index (χ1) is 11.3. The molecule has 3 rings (SSSR count). The van der Waals surface area contributed by atoms with Crippen LogP contribution in [0.2, 0.25) is 0 Å². The number of nitrogens with one attached hydrogen (secondary N) is 1. The van der Waals surface area contributed by atoms with Crippen LogP contribution in [-0.2, 0) is 15.9 Å². The average molecular weight is 315 g/mol. The molecule has 0 bridgehead atoms. The second-order valence-electron chi connectivity index (χ2n) is 5.45. The van der Waals surface area contributed by atoms with Crippen LogP contribution in [0.15, 0.2) is 42.6 Å². The Balaban J connectivity index is 1.61. The molecule has 1 saturated heterocycles. The van der Waals surface area contributed by atoms with Crippen LogP contribution >= 0.6 is 0 Å². The number of aromatic nitrogens is 2. The fraction of sp³-hybridized carbons (Fsp3) is 0.412. The van der Waals surface area contributed by atoms with E-state index in [0.29, 0.717) is 31.9 Å². The number of anilines is 1. The van der Waals surface area contributed by atoms with Crippen LogP contribution < -0.4 is 5.32 Å². The SMILES string of the molecule is OC[C@H](CC1OCCO1)Nc1ccnc(Cc2ccccc2)n1. The van der Waals surface area contributed by atoms with Crippen LogP contribution in [0.5, 0.6) is 0 Å². The summed E-state index contributed by atoms with van der Waals surface area (Å²) < 4.78 is 10.8. The van der Waals surface area contributed by atoms with Gasteiger partial charge in [-0.2, -0.15) is 0 Å². The van der Waals surface area contributed by atoms with Gasteiger partial charge in [0.05, 0.1) is 25.9 Å². The molecule has 1 atom stereocenters.